The SMILES string of the molecule is O=C(NC1(C(=O)O)CCOC1)c1ccc2c(c1)C(=O)N(CC1CCCO1)C2=O. The molecule has 4 rings (SSSR count). The highest BCUT2D eigenvalue weighted by Crippen LogP contribution is 2.27. The number of carboxylic acids is 1. The molecule has 2 saturated heterocycles. The number of rotatable bonds is 5. The van der Waals surface area contributed by atoms with Gasteiger partial charge in [-0.25, -0.2) is 4.79 Å². The van der Waals surface area contributed by atoms with Gasteiger partial charge in [-0.15, -0.1) is 0 Å². The van der Waals surface area contributed by atoms with E-state index in [1.807, 2.05) is 0 Å². The van der Waals surface area contributed by atoms with Gasteiger partial charge in [-0.05, 0) is 31.0 Å². The van der Waals surface area contributed by atoms with Gasteiger partial charge in [-0.3, -0.25) is 19.3 Å². The molecule has 9 nitrogen and oxygen atoms in total. The van der Waals surface area contributed by atoms with Gasteiger partial charge >= 0.3 is 5.97 Å². The minimum absolute atomic E-state index is 0.117. The third-order valence-corrected chi connectivity index (χ3v) is 5.43. The number of hydrogen-bond acceptors (Lipinski definition) is 6. The summed E-state index contributed by atoms with van der Waals surface area (Å²) in [5.41, 5.74) is -0.993. The van der Waals surface area contributed by atoms with Crippen molar-refractivity contribution in [1.29, 1.82) is 0 Å². The van der Waals surface area contributed by atoms with Gasteiger partial charge in [0.2, 0.25) is 0 Å². The molecule has 2 unspecified atom stereocenters. The van der Waals surface area contributed by atoms with E-state index in [4.69, 9.17) is 9.47 Å². The van der Waals surface area contributed by atoms with E-state index in [0.29, 0.717) is 6.61 Å². The first-order valence-corrected chi connectivity index (χ1v) is 9.17. The Morgan fingerprint density at radius 3 is 2.64 bits per heavy atom. The van der Waals surface area contributed by atoms with E-state index in [1.54, 1.807) is 0 Å². The number of ether oxygens (including phenoxy) is 2. The van der Waals surface area contributed by atoms with Crippen molar-refractivity contribution < 1.29 is 33.8 Å². The van der Waals surface area contributed by atoms with Gasteiger partial charge in [0.05, 0.1) is 30.4 Å². The molecule has 2 atom stereocenters. The van der Waals surface area contributed by atoms with Gasteiger partial charge < -0.3 is 19.9 Å². The van der Waals surface area contributed by atoms with Crippen LogP contribution in [-0.4, -0.2) is 71.7 Å². The topological polar surface area (TPSA) is 122 Å². The second kappa shape index (κ2) is 6.99. The third kappa shape index (κ3) is 3.06. The quantitative estimate of drug-likeness (QED) is 0.702. The number of nitrogens with one attached hydrogen (secondary N) is 1. The van der Waals surface area contributed by atoms with Gasteiger partial charge in [0.25, 0.3) is 17.7 Å². The van der Waals surface area contributed by atoms with Gasteiger partial charge in [-0.2, -0.15) is 0 Å². The van der Waals surface area contributed by atoms with Crippen molar-refractivity contribution in [1.82, 2.24) is 10.2 Å². The molecule has 3 heterocycles. The Balaban J connectivity index is 1.54. The van der Waals surface area contributed by atoms with Crippen LogP contribution in [0.2, 0.25) is 0 Å². The van der Waals surface area contributed by atoms with E-state index in [2.05, 4.69) is 5.32 Å². The van der Waals surface area contributed by atoms with Crippen molar-refractivity contribution in [3.05, 3.63) is 34.9 Å². The molecule has 2 fully saturated rings. The number of carboxylic acid groups (broad SMARTS) is 1. The predicted octanol–water partition coefficient (Wildman–Crippen LogP) is 0.435. The molecule has 0 bridgehead atoms. The molecule has 148 valence electrons. The van der Waals surface area contributed by atoms with Crippen LogP contribution in [0.5, 0.6) is 0 Å². The lowest BCUT2D eigenvalue weighted by Gasteiger charge is -2.23. The van der Waals surface area contributed by atoms with Crippen molar-refractivity contribution in [3.63, 3.8) is 0 Å². The number of imide groups is 1. The Kier molecular flexibility index (Phi) is 4.64. The van der Waals surface area contributed by atoms with E-state index in [0.717, 1.165) is 17.7 Å². The lowest BCUT2D eigenvalue weighted by molar-refractivity contribution is -0.144. The Hall–Kier alpha value is -2.78. The summed E-state index contributed by atoms with van der Waals surface area (Å²) >= 11 is 0. The van der Waals surface area contributed by atoms with Gasteiger partial charge in [0.15, 0.2) is 5.54 Å². The summed E-state index contributed by atoms with van der Waals surface area (Å²) in [4.78, 5) is 50.6. The molecule has 0 spiro atoms. The van der Waals surface area contributed by atoms with Crippen LogP contribution in [0.25, 0.3) is 0 Å². The first-order valence-electron chi connectivity index (χ1n) is 9.17. The average Bonchev–Trinajstić information content (AvgIpc) is 3.40. The summed E-state index contributed by atoms with van der Waals surface area (Å²) in [7, 11) is 0. The Morgan fingerprint density at radius 1 is 1.21 bits per heavy atom. The molecule has 1 aromatic rings. The molecule has 9 heteroatoms. The fourth-order valence-electron chi connectivity index (χ4n) is 3.76. The summed E-state index contributed by atoms with van der Waals surface area (Å²) in [6.45, 7) is 0.925. The van der Waals surface area contributed by atoms with Crippen molar-refractivity contribution >= 4 is 23.7 Å². The molecular formula is C19H20N2O7. The average molecular weight is 388 g/mol. The highest BCUT2D eigenvalue weighted by Gasteiger charge is 2.44. The summed E-state index contributed by atoms with van der Waals surface area (Å²) in [6.07, 6.45) is 1.68. The largest absolute Gasteiger partial charge is 0.479 e. The van der Waals surface area contributed by atoms with E-state index in [1.165, 1.54) is 18.2 Å². The Morgan fingerprint density at radius 2 is 2.00 bits per heavy atom. The number of fused-ring (bicyclic) bond motifs is 1. The molecule has 0 aromatic heterocycles. The molecule has 0 saturated carbocycles. The standard InChI is InChI=1S/C19H20N2O7/c22-15(20-19(18(25)26)5-7-27-10-19)11-3-4-13-14(8-11)17(24)21(16(13)23)9-12-2-1-6-28-12/h3-4,8,12H,1-2,5-7,9-10H2,(H,20,22)(H,25,26). The van der Waals surface area contributed by atoms with Crippen LogP contribution in [0, 0.1) is 0 Å². The fourth-order valence-corrected chi connectivity index (χ4v) is 3.76. The number of carbonyl (C=O) groups is 4. The molecule has 3 aliphatic heterocycles. The lowest BCUT2D eigenvalue weighted by atomic mass is 9.97. The van der Waals surface area contributed by atoms with Crippen molar-refractivity contribution in [2.24, 2.45) is 0 Å². The molecule has 0 aliphatic carbocycles. The molecule has 3 aliphatic rings. The molecule has 0 radical (unpaired) electrons. The van der Waals surface area contributed by atoms with Crippen LogP contribution in [0.15, 0.2) is 18.2 Å². The summed E-state index contributed by atoms with van der Waals surface area (Å²) < 4.78 is 10.6. The number of aliphatic carboxylic acids is 1. The zero-order valence-electron chi connectivity index (χ0n) is 15.1. The second-order valence-corrected chi connectivity index (χ2v) is 7.26. The maximum Gasteiger partial charge on any atom is 0.331 e. The Labute approximate surface area is 160 Å². The van der Waals surface area contributed by atoms with E-state index in [-0.39, 0.29) is 49.0 Å². The van der Waals surface area contributed by atoms with Crippen molar-refractivity contribution in [2.75, 3.05) is 26.4 Å². The number of amides is 3. The number of nitrogens with zero attached hydrogens (tertiary/aromatic N) is 1. The van der Waals surface area contributed by atoms with Crippen LogP contribution in [-0.2, 0) is 14.3 Å². The van der Waals surface area contributed by atoms with E-state index >= 15 is 0 Å². The number of hydrogen-bond donors (Lipinski definition) is 2. The first-order chi connectivity index (χ1) is 13.4. The smallest absolute Gasteiger partial charge is 0.331 e. The van der Waals surface area contributed by atoms with Crippen LogP contribution in [0.4, 0.5) is 0 Å². The zero-order chi connectivity index (χ0) is 19.9. The zero-order valence-corrected chi connectivity index (χ0v) is 15.1. The highest BCUT2D eigenvalue weighted by molar-refractivity contribution is 6.22. The molecule has 1 aromatic carbocycles. The van der Waals surface area contributed by atoms with Crippen molar-refractivity contribution in [3.8, 4) is 0 Å². The molecular weight excluding hydrogens is 368 g/mol. The van der Waals surface area contributed by atoms with Crippen molar-refractivity contribution in [2.45, 2.75) is 30.9 Å². The van der Waals surface area contributed by atoms with Gasteiger partial charge in [-0.1, -0.05) is 0 Å². The minimum atomic E-state index is -1.48. The lowest BCUT2D eigenvalue weighted by Crippen LogP contribution is -2.55. The Bertz CT molecular complexity index is 854. The van der Waals surface area contributed by atoms with E-state index < -0.39 is 29.2 Å². The third-order valence-electron chi connectivity index (χ3n) is 5.43. The van der Waals surface area contributed by atoms with Crippen LogP contribution in [0.1, 0.15) is 50.3 Å². The predicted molar refractivity (Wildman–Crippen MR) is 94.1 cm³/mol. The van der Waals surface area contributed by atoms with Crippen LogP contribution < -0.4 is 5.32 Å². The maximum atomic E-state index is 12.7. The number of carbonyl (C=O) groups excluding carboxylic acids is 3. The highest BCUT2D eigenvalue weighted by atomic mass is 16.5. The molecule has 2 N–H and O–H groups in total. The van der Waals surface area contributed by atoms with Gasteiger partial charge in [0, 0.05) is 25.2 Å². The summed E-state index contributed by atoms with van der Waals surface area (Å²) in [6, 6.07) is 4.19. The maximum absolute atomic E-state index is 12.7. The molecule has 3 amide bonds. The van der Waals surface area contributed by atoms with Crippen LogP contribution in [0.3, 0.4) is 0 Å². The van der Waals surface area contributed by atoms with Crippen LogP contribution >= 0.6 is 0 Å². The summed E-state index contributed by atoms with van der Waals surface area (Å²) in [5.74, 6) is -2.68. The fraction of sp³-hybridized carbons (Fsp3) is 0.474. The second-order valence-electron chi connectivity index (χ2n) is 7.26. The summed E-state index contributed by atoms with van der Waals surface area (Å²) in [5, 5.41) is 12.0. The van der Waals surface area contributed by atoms with Gasteiger partial charge in [0.1, 0.15) is 0 Å². The first kappa shape index (κ1) is 18.6. The minimum Gasteiger partial charge on any atom is -0.479 e. The monoisotopic (exact) mass is 388 g/mol. The normalized spacial score (nSPS) is 26.6. The molecule has 28 heavy (non-hydrogen) atoms. The van der Waals surface area contributed by atoms with E-state index in [9.17, 15) is 24.3 Å². The number of benzene rings is 1.